The number of fused-ring (bicyclic) bond motifs is 1. The number of hydrogen-bond donors (Lipinski definition) is 1. The maximum atomic E-state index is 4.53. The topological polar surface area (TPSA) is 29.3 Å². The monoisotopic (exact) mass is 221 g/mol. The first-order chi connectivity index (χ1) is 7.33. The molecule has 0 radical (unpaired) electrons. The molecule has 0 aliphatic heterocycles. The summed E-state index contributed by atoms with van der Waals surface area (Å²) in [6, 6.07) is 0. The van der Waals surface area contributed by atoms with Crippen molar-refractivity contribution >= 4 is 16.3 Å². The first-order valence-corrected chi connectivity index (χ1v) is 6.32. The van der Waals surface area contributed by atoms with Crippen LogP contribution in [-0.2, 0) is 6.54 Å². The van der Waals surface area contributed by atoms with Crippen LogP contribution in [0.25, 0.3) is 4.96 Å². The molecule has 3 nitrogen and oxygen atoms in total. The molecule has 2 unspecified atom stereocenters. The highest BCUT2D eigenvalue weighted by molar-refractivity contribution is 7.15. The van der Waals surface area contributed by atoms with Gasteiger partial charge < -0.3 is 5.32 Å². The van der Waals surface area contributed by atoms with Crippen LogP contribution >= 0.6 is 11.3 Å². The molecule has 3 rings (SSSR count). The SMILES string of the molecule is CC1CC1CNCc1cn2ccsc2n1. The molecule has 1 fully saturated rings. The molecular weight excluding hydrogens is 206 g/mol. The molecule has 2 aromatic heterocycles. The molecule has 0 bridgehead atoms. The lowest BCUT2D eigenvalue weighted by molar-refractivity contribution is 0.607. The predicted octanol–water partition coefficient (Wildman–Crippen LogP) is 2.14. The number of aromatic nitrogens is 2. The second-order valence-electron chi connectivity index (χ2n) is 4.43. The van der Waals surface area contributed by atoms with Crippen molar-refractivity contribution in [1.29, 1.82) is 0 Å². The van der Waals surface area contributed by atoms with Crippen LogP contribution in [-0.4, -0.2) is 15.9 Å². The molecule has 2 atom stereocenters. The molecule has 80 valence electrons. The minimum absolute atomic E-state index is 0.900. The summed E-state index contributed by atoms with van der Waals surface area (Å²) in [5.74, 6) is 1.84. The Morgan fingerprint density at radius 3 is 3.27 bits per heavy atom. The fraction of sp³-hybridized carbons (Fsp3) is 0.545. The number of hydrogen-bond acceptors (Lipinski definition) is 3. The molecule has 0 spiro atoms. The van der Waals surface area contributed by atoms with Gasteiger partial charge in [0.2, 0.25) is 0 Å². The lowest BCUT2D eigenvalue weighted by Gasteiger charge is -1.99. The third kappa shape index (κ3) is 1.92. The predicted molar refractivity (Wildman–Crippen MR) is 62.0 cm³/mol. The Balaban J connectivity index is 1.56. The molecule has 0 amide bonds. The molecule has 15 heavy (non-hydrogen) atoms. The third-order valence-corrected chi connectivity index (χ3v) is 3.90. The van der Waals surface area contributed by atoms with Crippen LogP contribution in [0.15, 0.2) is 17.8 Å². The summed E-state index contributed by atoms with van der Waals surface area (Å²) in [5, 5.41) is 5.53. The summed E-state index contributed by atoms with van der Waals surface area (Å²) >= 11 is 1.68. The van der Waals surface area contributed by atoms with E-state index in [-0.39, 0.29) is 0 Å². The highest BCUT2D eigenvalue weighted by atomic mass is 32.1. The number of thiazole rings is 1. The van der Waals surface area contributed by atoms with E-state index in [0.29, 0.717) is 0 Å². The Labute approximate surface area is 93.1 Å². The van der Waals surface area contributed by atoms with Crippen molar-refractivity contribution in [3.8, 4) is 0 Å². The highest BCUT2D eigenvalue weighted by Gasteiger charge is 2.31. The van der Waals surface area contributed by atoms with E-state index in [0.717, 1.165) is 35.6 Å². The van der Waals surface area contributed by atoms with Gasteiger partial charge in [0.05, 0.1) is 5.69 Å². The molecule has 4 heteroatoms. The van der Waals surface area contributed by atoms with Crippen LogP contribution in [0, 0.1) is 11.8 Å². The minimum Gasteiger partial charge on any atom is -0.311 e. The van der Waals surface area contributed by atoms with Crippen molar-refractivity contribution in [2.24, 2.45) is 11.8 Å². The van der Waals surface area contributed by atoms with Gasteiger partial charge in [-0.05, 0) is 24.8 Å². The van der Waals surface area contributed by atoms with Gasteiger partial charge in [0.25, 0.3) is 0 Å². The van der Waals surface area contributed by atoms with Gasteiger partial charge in [0.15, 0.2) is 4.96 Å². The van der Waals surface area contributed by atoms with Crippen LogP contribution in [0.3, 0.4) is 0 Å². The normalized spacial score (nSPS) is 24.9. The smallest absolute Gasteiger partial charge is 0.193 e. The van der Waals surface area contributed by atoms with E-state index in [4.69, 9.17) is 0 Å². The second-order valence-corrected chi connectivity index (χ2v) is 5.30. The zero-order chi connectivity index (χ0) is 10.3. The van der Waals surface area contributed by atoms with E-state index in [9.17, 15) is 0 Å². The average Bonchev–Trinajstić information content (AvgIpc) is 2.63. The second kappa shape index (κ2) is 3.61. The van der Waals surface area contributed by atoms with E-state index < -0.39 is 0 Å². The summed E-state index contributed by atoms with van der Waals surface area (Å²) < 4.78 is 2.08. The van der Waals surface area contributed by atoms with Crippen LogP contribution in [0.2, 0.25) is 0 Å². The maximum absolute atomic E-state index is 4.53. The Bertz CT molecular complexity index is 431. The zero-order valence-electron chi connectivity index (χ0n) is 8.81. The number of nitrogens with one attached hydrogen (secondary N) is 1. The van der Waals surface area contributed by atoms with E-state index in [1.165, 1.54) is 6.42 Å². The van der Waals surface area contributed by atoms with Crippen LogP contribution in [0.1, 0.15) is 19.0 Å². The van der Waals surface area contributed by atoms with Gasteiger partial charge in [0.1, 0.15) is 0 Å². The number of nitrogens with zero attached hydrogens (tertiary/aromatic N) is 2. The molecular formula is C11H15N3S. The molecule has 1 aliphatic rings. The van der Waals surface area contributed by atoms with Crippen molar-refractivity contribution in [1.82, 2.24) is 14.7 Å². The lowest BCUT2D eigenvalue weighted by Crippen LogP contribution is -2.16. The number of rotatable bonds is 4. The van der Waals surface area contributed by atoms with Gasteiger partial charge in [-0.1, -0.05) is 6.92 Å². The fourth-order valence-corrected chi connectivity index (χ4v) is 2.65. The summed E-state index contributed by atoms with van der Waals surface area (Å²) in [6.07, 6.45) is 5.56. The van der Waals surface area contributed by atoms with E-state index in [1.54, 1.807) is 11.3 Å². The quantitative estimate of drug-likeness (QED) is 0.857. The largest absolute Gasteiger partial charge is 0.311 e. The molecule has 0 aromatic carbocycles. The van der Waals surface area contributed by atoms with Crippen molar-refractivity contribution in [3.63, 3.8) is 0 Å². The summed E-state index contributed by atoms with van der Waals surface area (Å²) in [4.78, 5) is 5.62. The van der Waals surface area contributed by atoms with E-state index in [1.807, 2.05) is 0 Å². The van der Waals surface area contributed by atoms with Crippen LogP contribution in [0.5, 0.6) is 0 Å². The summed E-state index contributed by atoms with van der Waals surface area (Å²) in [7, 11) is 0. The fourth-order valence-electron chi connectivity index (χ4n) is 1.93. The van der Waals surface area contributed by atoms with Crippen molar-refractivity contribution in [2.75, 3.05) is 6.54 Å². The standard InChI is InChI=1S/C11H15N3S/c1-8-4-9(8)5-12-6-10-7-14-2-3-15-11(14)13-10/h2-3,7-9,12H,4-6H2,1H3. The first-order valence-electron chi connectivity index (χ1n) is 5.45. The molecule has 1 saturated carbocycles. The Kier molecular flexibility index (Phi) is 2.25. The van der Waals surface area contributed by atoms with Gasteiger partial charge >= 0.3 is 0 Å². The average molecular weight is 221 g/mol. The van der Waals surface area contributed by atoms with Gasteiger partial charge in [-0.15, -0.1) is 11.3 Å². The van der Waals surface area contributed by atoms with Gasteiger partial charge in [0, 0.05) is 24.3 Å². The lowest BCUT2D eigenvalue weighted by atomic mass is 10.3. The molecule has 2 aromatic rings. The van der Waals surface area contributed by atoms with Crippen LogP contribution in [0.4, 0.5) is 0 Å². The first kappa shape index (κ1) is 9.36. The molecule has 0 saturated heterocycles. The summed E-state index contributed by atoms with van der Waals surface area (Å²) in [5.41, 5.74) is 1.15. The molecule has 1 N–H and O–H groups in total. The Morgan fingerprint density at radius 2 is 2.53 bits per heavy atom. The zero-order valence-corrected chi connectivity index (χ0v) is 9.63. The molecule has 1 aliphatic carbocycles. The van der Waals surface area contributed by atoms with E-state index in [2.05, 4.69) is 39.4 Å². The van der Waals surface area contributed by atoms with Crippen molar-refractivity contribution < 1.29 is 0 Å². The minimum atomic E-state index is 0.900. The summed E-state index contributed by atoms with van der Waals surface area (Å²) in [6.45, 7) is 4.36. The van der Waals surface area contributed by atoms with Gasteiger partial charge in [-0.3, -0.25) is 4.40 Å². The number of imidazole rings is 1. The van der Waals surface area contributed by atoms with Gasteiger partial charge in [-0.25, -0.2) is 4.98 Å². The van der Waals surface area contributed by atoms with Crippen molar-refractivity contribution in [2.45, 2.75) is 19.9 Å². The van der Waals surface area contributed by atoms with E-state index >= 15 is 0 Å². The van der Waals surface area contributed by atoms with Crippen molar-refractivity contribution in [3.05, 3.63) is 23.5 Å². The molecule has 2 heterocycles. The maximum Gasteiger partial charge on any atom is 0.193 e. The van der Waals surface area contributed by atoms with Gasteiger partial charge in [-0.2, -0.15) is 0 Å². The Morgan fingerprint density at radius 1 is 1.67 bits per heavy atom. The third-order valence-electron chi connectivity index (χ3n) is 3.13. The highest BCUT2D eigenvalue weighted by Crippen LogP contribution is 2.36. The Hall–Kier alpha value is -0.870. The van der Waals surface area contributed by atoms with Crippen LogP contribution < -0.4 is 5.32 Å².